The van der Waals surface area contributed by atoms with E-state index in [4.69, 9.17) is 5.11 Å². The number of anilines is 1. The van der Waals surface area contributed by atoms with Crippen molar-refractivity contribution in [2.24, 2.45) is 11.8 Å². The zero-order valence-electron chi connectivity index (χ0n) is 14.0. The minimum atomic E-state index is -0.773. The fraction of sp³-hybridized carbons (Fsp3) is 0.688. The van der Waals surface area contributed by atoms with Crippen molar-refractivity contribution >= 4 is 17.8 Å². The number of hydrogen-bond donors (Lipinski definition) is 2. The average molecular weight is 322 g/mol. The van der Waals surface area contributed by atoms with Gasteiger partial charge in [-0.2, -0.15) is 5.10 Å². The normalized spacial score (nSPS) is 17.3. The summed E-state index contributed by atoms with van der Waals surface area (Å²) in [5, 5.41) is 16.2. The van der Waals surface area contributed by atoms with Gasteiger partial charge in [-0.05, 0) is 32.1 Å². The SMILES string of the molecule is CC(C)CC(C)n1nccc1NC(=O)N1CCC(C(=O)O)CC1. The fourth-order valence-electron chi connectivity index (χ4n) is 3.06. The van der Waals surface area contributed by atoms with Crippen molar-refractivity contribution in [3.63, 3.8) is 0 Å². The molecule has 1 fully saturated rings. The number of hydrogen-bond acceptors (Lipinski definition) is 3. The lowest BCUT2D eigenvalue weighted by atomic mass is 9.97. The van der Waals surface area contributed by atoms with Gasteiger partial charge in [0.25, 0.3) is 0 Å². The van der Waals surface area contributed by atoms with Gasteiger partial charge < -0.3 is 10.0 Å². The number of carboxylic acid groups (broad SMARTS) is 1. The lowest BCUT2D eigenvalue weighted by molar-refractivity contribution is -0.143. The van der Waals surface area contributed by atoms with E-state index in [1.54, 1.807) is 17.2 Å². The van der Waals surface area contributed by atoms with E-state index in [2.05, 4.69) is 31.2 Å². The second-order valence-electron chi connectivity index (χ2n) is 6.67. The van der Waals surface area contributed by atoms with Crippen molar-refractivity contribution in [2.45, 2.75) is 46.1 Å². The third-order valence-corrected chi connectivity index (χ3v) is 4.27. The highest BCUT2D eigenvalue weighted by atomic mass is 16.4. The van der Waals surface area contributed by atoms with Crippen LogP contribution in [0.2, 0.25) is 0 Å². The van der Waals surface area contributed by atoms with Crippen molar-refractivity contribution in [1.29, 1.82) is 0 Å². The largest absolute Gasteiger partial charge is 0.481 e. The predicted octanol–water partition coefficient (Wildman–Crippen LogP) is 2.82. The number of nitrogens with zero attached hydrogens (tertiary/aromatic N) is 3. The number of carbonyl (C=O) groups excluding carboxylic acids is 1. The number of carboxylic acids is 1. The van der Waals surface area contributed by atoms with E-state index in [0.717, 1.165) is 6.42 Å². The molecular formula is C16H26N4O3. The Labute approximate surface area is 136 Å². The summed E-state index contributed by atoms with van der Waals surface area (Å²) in [7, 11) is 0. The van der Waals surface area contributed by atoms with Gasteiger partial charge in [-0.3, -0.25) is 10.1 Å². The second-order valence-corrected chi connectivity index (χ2v) is 6.67. The van der Waals surface area contributed by atoms with Gasteiger partial charge in [-0.1, -0.05) is 13.8 Å². The maximum Gasteiger partial charge on any atom is 0.322 e. The Hall–Kier alpha value is -2.05. The lowest BCUT2D eigenvalue weighted by Gasteiger charge is -2.30. The zero-order valence-corrected chi connectivity index (χ0v) is 14.0. The summed E-state index contributed by atoms with van der Waals surface area (Å²) in [5.74, 6) is 0.123. The van der Waals surface area contributed by atoms with Crippen LogP contribution in [0, 0.1) is 11.8 Å². The van der Waals surface area contributed by atoms with Crippen LogP contribution >= 0.6 is 0 Å². The molecule has 1 aromatic heterocycles. The number of aliphatic carboxylic acids is 1. The van der Waals surface area contributed by atoms with Gasteiger partial charge in [0.1, 0.15) is 5.82 Å². The number of piperidine rings is 1. The summed E-state index contributed by atoms with van der Waals surface area (Å²) in [6.45, 7) is 7.34. The number of urea groups is 1. The first-order valence-electron chi connectivity index (χ1n) is 8.20. The molecule has 1 aliphatic rings. The van der Waals surface area contributed by atoms with Gasteiger partial charge in [0.05, 0.1) is 18.2 Å². The van der Waals surface area contributed by atoms with E-state index >= 15 is 0 Å². The van der Waals surface area contributed by atoms with E-state index in [9.17, 15) is 9.59 Å². The molecule has 0 saturated carbocycles. The van der Waals surface area contributed by atoms with Crippen molar-refractivity contribution in [2.75, 3.05) is 18.4 Å². The fourth-order valence-corrected chi connectivity index (χ4v) is 3.06. The molecule has 0 aromatic carbocycles. The number of aromatic nitrogens is 2. The molecule has 0 radical (unpaired) electrons. The number of likely N-dealkylation sites (tertiary alicyclic amines) is 1. The molecule has 7 nitrogen and oxygen atoms in total. The Morgan fingerprint density at radius 1 is 1.35 bits per heavy atom. The van der Waals surface area contributed by atoms with Gasteiger partial charge in [0.2, 0.25) is 0 Å². The molecule has 2 heterocycles. The second kappa shape index (κ2) is 7.48. The lowest BCUT2D eigenvalue weighted by Crippen LogP contribution is -2.42. The maximum atomic E-state index is 12.4. The molecular weight excluding hydrogens is 296 g/mol. The summed E-state index contributed by atoms with van der Waals surface area (Å²) >= 11 is 0. The number of nitrogens with one attached hydrogen (secondary N) is 1. The van der Waals surface area contributed by atoms with Crippen LogP contribution in [0.25, 0.3) is 0 Å². The van der Waals surface area contributed by atoms with Crippen molar-refractivity contribution in [1.82, 2.24) is 14.7 Å². The van der Waals surface area contributed by atoms with E-state index < -0.39 is 5.97 Å². The zero-order chi connectivity index (χ0) is 17.0. The molecule has 2 amide bonds. The topological polar surface area (TPSA) is 87.5 Å². The van der Waals surface area contributed by atoms with Gasteiger partial charge in [-0.25, -0.2) is 9.48 Å². The van der Waals surface area contributed by atoms with Crippen LogP contribution in [0.15, 0.2) is 12.3 Å². The Morgan fingerprint density at radius 2 is 2.00 bits per heavy atom. The molecule has 1 saturated heterocycles. The highest BCUT2D eigenvalue weighted by Gasteiger charge is 2.27. The molecule has 0 spiro atoms. The highest BCUT2D eigenvalue weighted by molar-refractivity contribution is 5.88. The third kappa shape index (κ3) is 4.46. The molecule has 1 unspecified atom stereocenters. The summed E-state index contributed by atoms with van der Waals surface area (Å²) in [6, 6.07) is 1.81. The van der Waals surface area contributed by atoms with Gasteiger partial charge in [0, 0.05) is 19.2 Å². The summed E-state index contributed by atoms with van der Waals surface area (Å²) < 4.78 is 1.84. The minimum absolute atomic E-state index is 0.188. The first kappa shape index (κ1) is 17.3. The Balaban J connectivity index is 1.94. The van der Waals surface area contributed by atoms with Crippen LogP contribution < -0.4 is 5.32 Å². The van der Waals surface area contributed by atoms with E-state index in [1.165, 1.54) is 0 Å². The number of rotatable bonds is 5. The monoisotopic (exact) mass is 322 g/mol. The molecule has 2 N–H and O–H groups in total. The Kier molecular flexibility index (Phi) is 5.63. The standard InChI is InChI=1S/C16H26N4O3/c1-11(2)10-12(3)20-14(4-7-17-20)18-16(23)19-8-5-13(6-9-19)15(21)22/h4,7,11-13H,5-6,8-10H2,1-3H3,(H,18,23)(H,21,22). The van der Waals surface area contributed by atoms with Crippen molar-refractivity contribution in [3.05, 3.63) is 12.3 Å². The molecule has 1 aromatic rings. The van der Waals surface area contributed by atoms with Crippen LogP contribution in [-0.4, -0.2) is 44.9 Å². The summed E-state index contributed by atoms with van der Waals surface area (Å²) in [6.07, 6.45) is 3.68. The predicted molar refractivity (Wildman–Crippen MR) is 87.3 cm³/mol. The van der Waals surface area contributed by atoms with Gasteiger partial charge >= 0.3 is 12.0 Å². The summed E-state index contributed by atoms with van der Waals surface area (Å²) in [5.41, 5.74) is 0. The number of amides is 2. The summed E-state index contributed by atoms with van der Waals surface area (Å²) in [4.78, 5) is 25.0. The molecule has 7 heteroatoms. The quantitative estimate of drug-likeness (QED) is 0.872. The first-order chi connectivity index (χ1) is 10.9. The first-order valence-corrected chi connectivity index (χ1v) is 8.20. The molecule has 1 atom stereocenters. The average Bonchev–Trinajstić information content (AvgIpc) is 2.94. The minimum Gasteiger partial charge on any atom is -0.481 e. The Bertz CT molecular complexity index is 547. The van der Waals surface area contributed by atoms with Gasteiger partial charge in [0.15, 0.2) is 0 Å². The molecule has 0 aliphatic carbocycles. The molecule has 2 rings (SSSR count). The maximum absolute atomic E-state index is 12.4. The van der Waals surface area contributed by atoms with E-state index in [-0.39, 0.29) is 18.0 Å². The molecule has 23 heavy (non-hydrogen) atoms. The molecule has 1 aliphatic heterocycles. The smallest absolute Gasteiger partial charge is 0.322 e. The highest BCUT2D eigenvalue weighted by Crippen LogP contribution is 2.22. The third-order valence-electron chi connectivity index (χ3n) is 4.27. The van der Waals surface area contributed by atoms with Crippen LogP contribution in [0.5, 0.6) is 0 Å². The van der Waals surface area contributed by atoms with Crippen LogP contribution in [0.3, 0.4) is 0 Å². The van der Waals surface area contributed by atoms with Crippen molar-refractivity contribution in [3.8, 4) is 0 Å². The van der Waals surface area contributed by atoms with Crippen LogP contribution in [0.1, 0.15) is 46.1 Å². The van der Waals surface area contributed by atoms with E-state index in [1.807, 2.05) is 4.68 Å². The van der Waals surface area contributed by atoms with Crippen LogP contribution in [-0.2, 0) is 4.79 Å². The van der Waals surface area contributed by atoms with E-state index in [0.29, 0.717) is 37.7 Å². The number of carbonyl (C=O) groups is 2. The Morgan fingerprint density at radius 3 is 2.57 bits per heavy atom. The molecule has 128 valence electrons. The van der Waals surface area contributed by atoms with Crippen LogP contribution in [0.4, 0.5) is 10.6 Å². The molecule has 0 bridgehead atoms. The van der Waals surface area contributed by atoms with Crippen molar-refractivity contribution < 1.29 is 14.7 Å². The van der Waals surface area contributed by atoms with Gasteiger partial charge in [-0.15, -0.1) is 0 Å².